The van der Waals surface area contributed by atoms with Gasteiger partial charge in [-0.3, -0.25) is 0 Å². The van der Waals surface area contributed by atoms with Crippen LogP contribution in [-0.2, 0) is 0 Å². The lowest BCUT2D eigenvalue weighted by Crippen LogP contribution is -2.10. The van der Waals surface area contributed by atoms with Crippen LogP contribution in [-0.4, -0.2) is 36.4 Å². The standard InChI is InChI=1S/C23H20FN7O/c1-14(18-11-30(13-28-18)19-9-4-3-8-17(19)24)31-23-20(22(25)26-12-27-23)21(29-31)15-6-5-7-16(10-15)32-2/h3-14H,1-2H3,(H2,25,26,27). The zero-order valence-corrected chi connectivity index (χ0v) is 17.5. The number of para-hydroxylation sites is 1. The fraction of sp³-hybridized carbons (Fsp3) is 0.130. The SMILES string of the molecule is COc1cccc(-c2nn(C(C)c3cn(-c4ccccc4F)cn3)c3ncnc(N)c23)c1. The van der Waals surface area contributed by atoms with Crippen molar-refractivity contribution in [2.24, 2.45) is 0 Å². The number of hydrogen-bond acceptors (Lipinski definition) is 6. The zero-order chi connectivity index (χ0) is 22.2. The van der Waals surface area contributed by atoms with Crippen LogP contribution in [0.15, 0.2) is 67.4 Å². The summed E-state index contributed by atoms with van der Waals surface area (Å²) < 4.78 is 23.0. The number of rotatable bonds is 5. The van der Waals surface area contributed by atoms with Crippen molar-refractivity contribution in [3.05, 3.63) is 78.9 Å². The monoisotopic (exact) mass is 429 g/mol. The minimum Gasteiger partial charge on any atom is -0.497 e. The Labute approximate surface area is 183 Å². The molecule has 0 amide bonds. The molecule has 0 saturated carbocycles. The number of nitrogens with two attached hydrogens (primary N) is 1. The molecule has 1 atom stereocenters. The minimum atomic E-state index is -0.325. The maximum Gasteiger partial charge on any atom is 0.164 e. The summed E-state index contributed by atoms with van der Waals surface area (Å²) in [6.45, 7) is 1.95. The van der Waals surface area contributed by atoms with E-state index >= 15 is 0 Å². The second-order valence-electron chi connectivity index (χ2n) is 7.32. The molecule has 0 spiro atoms. The molecule has 8 nitrogen and oxygen atoms in total. The molecule has 0 saturated heterocycles. The van der Waals surface area contributed by atoms with Gasteiger partial charge in [-0.2, -0.15) is 5.10 Å². The van der Waals surface area contributed by atoms with Gasteiger partial charge >= 0.3 is 0 Å². The number of imidazole rings is 1. The van der Waals surface area contributed by atoms with Gasteiger partial charge in [0.1, 0.15) is 29.4 Å². The number of benzene rings is 2. The number of nitrogen functional groups attached to an aromatic ring is 1. The summed E-state index contributed by atoms with van der Waals surface area (Å²) in [5.41, 5.74) is 9.41. The van der Waals surface area contributed by atoms with Crippen molar-refractivity contribution in [3.8, 4) is 22.7 Å². The van der Waals surface area contributed by atoms with Gasteiger partial charge in [0.2, 0.25) is 0 Å². The summed E-state index contributed by atoms with van der Waals surface area (Å²) in [6, 6.07) is 13.8. The lowest BCUT2D eigenvalue weighted by Gasteiger charge is -2.10. The Balaban J connectivity index is 1.62. The zero-order valence-electron chi connectivity index (χ0n) is 17.5. The summed E-state index contributed by atoms with van der Waals surface area (Å²) in [5.74, 6) is 0.718. The van der Waals surface area contributed by atoms with Crippen molar-refractivity contribution in [2.45, 2.75) is 13.0 Å². The molecule has 0 aliphatic heterocycles. The van der Waals surface area contributed by atoms with E-state index in [2.05, 4.69) is 15.0 Å². The van der Waals surface area contributed by atoms with Gasteiger partial charge in [-0.1, -0.05) is 24.3 Å². The molecular weight excluding hydrogens is 409 g/mol. The largest absolute Gasteiger partial charge is 0.497 e. The highest BCUT2D eigenvalue weighted by atomic mass is 19.1. The third kappa shape index (κ3) is 3.24. The van der Waals surface area contributed by atoms with E-state index in [0.717, 1.165) is 5.56 Å². The third-order valence-electron chi connectivity index (χ3n) is 5.39. The first-order valence-corrected chi connectivity index (χ1v) is 9.98. The predicted molar refractivity (Wildman–Crippen MR) is 119 cm³/mol. The summed E-state index contributed by atoms with van der Waals surface area (Å²) in [5, 5.41) is 5.48. The van der Waals surface area contributed by atoms with Crippen molar-refractivity contribution in [1.29, 1.82) is 0 Å². The Morgan fingerprint density at radius 2 is 1.91 bits per heavy atom. The van der Waals surface area contributed by atoms with E-state index in [0.29, 0.717) is 39.7 Å². The highest BCUT2D eigenvalue weighted by Crippen LogP contribution is 2.34. The van der Waals surface area contributed by atoms with Crippen LogP contribution in [0, 0.1) is 5.82 Å². The summed E-state index contributed by atoms with van der Waals surface area (Å²) in [7, 11) is 1.61. The van der Waals surface area contributed by atoms with E-state index in [4.69, 9.17) is 15.6 Å². The normalized spacial score (nSPS) is 12.2. The van der Waals surface area contributed by atoms with E-state index in [1.165, 1.54) is 12.4 Å². The number of anilines is 1. The maximum atomic E-state index is 14.2. The van der Waals surface area contributed by atoms with Crippen molar-refractivity contribution >= 4 is 16.9 Å². The lowest BCUT2D eigenvalue weighted by molar-refractivity contribution is 0.415. The molecule has 0 bridgehead atoms. The molecule has 9 heteroatoms. The number of halogens is 1. The quantitative estimate of drug-likeness (QED) is 0.453. The second-order valence-corrected chi connectivity index (χ2v) is 7.32. The molecular formula is C23H20FN7O. The summed E-state index contributed by atoms with van der Waals surface area (Å²) in [6.07, 6.45) is 4.78. The topological polar surface area (TPSA) is 96.7 Å². The third-order valence-corrected chi connectivity index (χ3v) is 5.39. The van der Waals surface area contributed by atoms with Gasteiger partial charge in [-0.25, -0.2) is 24.0 Å². The first kappa shape index (κ1) is 19.7. The van der Waals surface area contributed by atoms with E-state index in [-0.39, 0.29) is 11.9 Å². The molecule has 160 valence electrons. The van der Waals surface area contributed by atoms with Gasteiger partial charge in [0.05, 0.1) is 36.2 Å². The predicted octanol–water partition coefficient (Wildman–Crippen LogP) is 4.02. The van der Waals surface area contributed by atoms with Crippen LogP contribution in [0.1, 0.15) is 18.7 Å². The summed E-state index contributed by atoms with van der Waals surface area (Å²) >= 11 is 0. The molecule has 3 aromatic heterocycles. The number of methoxy groups -OCH3 is 1. The Morgan fingerprint density at radius 3 is 2.72 bits per heavy atom. The van der Waals surface area contributed by atoms with Gasteiger partial charge in [0.15, 0.2) is 5.65 Å². The molecule has 5 rings (SSSR count). The first-order chi connectivity index (χ1) is 15.6. The highest BCUT2D eigenvalue weighted by molar-refractivity contribution is 5.98. The Morgan fingerprint density at radius 1 is 1.06 bits per heavy atom. The Hall–Kier alpha value is -4.27. The molecule has 2 N–H and O–H groups in total. The van der Waals surface area contributed by atoms with Crippen molar-refractivity contribution in [2.75, 3.05) is 12.8 Å². The maximum absolute atomic E-state index is 14.2. The Kier molecular flexibility index (Phi) is 4.78. The molecule has 32 heavy (non-hydrogen) atoms. The van der Waals surface area contributed by atoms with Crippen LogP contribution in [0.25, 0.3) is 28.0 Å². The average molecular weight is 429 g/mol. The van der Waals surface area contributed by atoms with Crippen LogP contribution < -0.4 is 10.5 Å². The lowest BCUT2D eigenvalue weighted by atomic mass is 10.1. The summed E-state index contributed by atoms with van der Waals surface area (Å²) in [4.78, 5) is 13.1. The number of ether oxygens (including phenoxy) is 1. The van der Waals surface area contributed by atoms with E-state index < -0.39 is 0 Å². The fourth-order valence-corrected chi connectivity index (χ4v) is 3.71. The van der Waals surface area contributed by atoms with Crippen LogP contribution in [0.3, 0.4) is 0 Å². The van der Waals surface area contributed by atoms with E-state index in [9.17, 15) is 4.39 Å². The van der Waals surface area contributed by atoms with Crippen LogP contribution in [0.2, 0.25) is 0 Å². The van der Waals surface area contributed by atoms with Gasteiger partial charge in [-0.15, -0.1) is 0 Å². The number of nitrogens with zero attached hydrogens (tertiary/aromatic N) is 6. The van der Waals surface area contributed by atoms with E-state index in [1.807, 2.05) is 31.2 Å². The first-order valence-electron chi connectivity index (χ1n) is 9.98. The molecule has 5 aromatic rings. The smallest absolute Gasteiger partial charge is 0.164 e. The number of hydrogen-bond donors (Lipinski definition) is 1. The van der Waals surface area contributed by atoms with Crippen molar-refractivity contribution < 1.29 is 9.13 Å². The van der Waals surface area contributed by atoms with Gasteiger partial charge in [0.25, 0.3) is 0 Å². The average Bonchev–Trinajstić information content (AvgIpc) is 3.45. The molecule has 0 radical (unpaired) electrons. The van der Waals surface area contributed by atoms with Gasteiger partial charge < -0.3 is 15.0 Å². The van der Waals surface area contributed by atoms with Crippen LogP contribution in [0.4, 0.5) is 10.2 Å². The molecule has 1 unspecified atom stereocenters. The van der Waals surface area contributed by atoms with Gasteiger partial charge in [0, 0.05) is 11.8 Å². The highest BCUT2D eigenvalue weighted by Gasteiger charge is 2.22. The molecule has 0 fully saturated rings. The second kappa shape index (κ2) is 7.77. The van der Waals surface area contributed by atoms with Crippen molar-refractivity contribution in [1.82, 2.24) is 29.3 Å². The van der Waals surface area contributed by atoms with Crippen molar-refractivity contribution in [3.63, 3.8) is 0 Å². The number of aromatic nitrogens is 6. The van der Waals surface area contributed by atoms with Crippen LogP contribution in [0.5, 0.6) is 5.75 Å². The van der Waals surface area contributed by atoms with E-state index in [1.54, 1.807) is 47.1 Å². The fourth-order valence-electron chi connectivity index (χ4n) is 3.71. The molecule has 2 aromatic carbocycles. The molecule has 3 heterocycles. The molecule has 0 aliphatic rings. The number of fused-ring (bicyclic) bond motifs is 1. The molecule has 0 aliphatic carbocycles. The Bertz CT molecular complexity index is 1430. The van der Waals surface area contributed by atoms with Gasteiger partial charge in [-0.05, 0) is 31.2 Å². The van der Waals surface area contributed by atoms with Crippen LogP contribution >= 0.6 is 0 Å². The minimum absolute atomic E-state index is 0.292.